The Morgan fingerprint density at radius 3 is 2.78 bits per heavy atom. The average molecular weight is 254 g/mol. The van der Waals surface area contributed by atoms with Gasteiger partial charge in [0.2, 0.25) is 0 Å². The monoisotopic (exact) mass is 254 g/mol. The van der Waals surface area contributed by atoms with Crippen molar-refractivity contribution in [3.63, 3.8) is 0 Å². The van der Waals surface area contributed by atoms with E-state index in [9.17, 15) is 0 Å². The Kier molecular flexibility index (Phi) is 5.46. The van der Waals surface area contributed by atoms with Crippen LogP contribution in [-0.4, -0.2) is 49.3 Å². The Bertz CT molecular complexity index is 239. The SMILES string of the molecule is CCOC1CC(N2CCCC(CNC(C)C)C2)C1. The molecule has 1 atom stereocenters. The first-order chi connectivity index (χ1) is 8.69. The molecule has 1 saturated heterocycles. The fourth-order valence-electron chi connectivity index (χ4n) is 3.21. The summed E-state index contributed by atoms with van der Waals surface area (Å²) < 4.78 is 5.67. The molecule has 2 rings (SSSR count). The molecular weight excluding hydrogens is 224 g/mol. The summed E-state index contributed by atoms with van der Waals surface area (Å²) in [5, 5.41) is 3.59. The minimum atomic E-state index is 0.550. The van der Waals surface area contributed by atoms with Gasteiger partial charge in [0.15, 0.2) is 0 Å². The number of rotatable bonds is 6. The molecule has 3 heteroatoms. The van der Waals surface area contributed by atoms with Crippen molar-refractivity contribution in [2.45, 2.75) is 64.6 Å². The van der Waals surface area contributed by atoms with Gasteiger partial charge in [0.25, 0.3) is 0 Å². The summed E-state index contributed by atoms with van der Waals surface area (Å²) in [5.41, 5.74) is 0. The molecule has 2 aliphatic rings. The maximum Gasteiger partial charge on any atom is 0.0604 e. The van der Waals surface area contributed by atoms with Crippen molar-refractivity contribution >= 4 is 0 Å². The van der Waals surface area contributed by atoms with Crippen molar-refractivity contribution in [3.8, 4) is 0 Å². The van der Waals surface area contributed by atoms with Crippen LogP contribution in [-0.2, 0) is 4.74 Å². The Morgan fingerprint density at radius 1 is 1.33 bits per heavy atom. The molecular formula is C15H30N2O. The van der Waals surface area contributed by atoms with E-state index in [1.807, 2.05) is 0 Å². The number of nitrogens with one attached hydrogen (secondary N) is 1. The molecule has 2 fully saturated rings. The van der Waals surface area contributed by atoms with Gasteiger partial charge in [-0.05, 0) is 51.6 Å². The van der Waals surface area contributed by atoms with Crippen LogP contribution in [0.3, 0.4) is 0 Å². The second-order valence-corrected chi connectivity index (χ2v) is 6.27. The highest BCUT2D eigenvalue weighted by atomic mass is 16.5. The zero-order valence-corrected chi connectivity index (χ0v) is 12.3. The van der Waals surface area contributed by atoms with E-state index in [0.717, 1.165) is 18.6 Å². The topological polar surface area (TPSA) is 24.5 Å². The van der Waals surface area contributed by atoms with Gasteiger partial charge in [0, 0.05) is 25.2 Å². The van der Waals surface area contributed by atoms with Crippen LogP contribution < -0.4 is 5.32 Å². The number of ether oxygens (including phenoxy) is 1. The first kappa shape index (κ1) is 14.3. The van der Waals surface area contributed by atoms with Crippen molar-refractivity contribution in [2.75, 3.05) is 26.2 Å². The highest BCUT2D eigenvalue weighted by Gasteiger charge is 2.35. The molecule has 1 aliphatic carbocycles. The lowest BCUT2D eigenvalue weighted by molar-refractivity contribution is -0.0554. The van der Waals surface area contributed by atoms with Gasteiger partial charge in [-0.1, -0.05) is 13.8 Å². The zero-order valence-electron chi connectivity index (χ0n) is 12.3. The zero-order chi connectivity index (χ0) is 13.0. The Labute approximate surface area is 112 Å². The maximum atomic E-state index is 5.67. The fraction of sp³-hybridized carbons (Fsp3) is 1.00. The fourth-order valence-corrected chi connectivity index (χ4v) is 3.21. The van der Waals surface area contributed by atoms with Crippen LogP contribution in [0, 0.1) is 5.92 Å². The van der Waals surface area contributed by atoms with Gasteiger partial charge in [0.1, 0.15) is 0 Å². The molecule has 106 valence electrons. The van der Waals surface area contributed by atoms with E-state index < -0.39 is 0 Å². The number of likely N-dealkylation sites (tertiary alicyclic amines) is 1. The molecule has 0 radical (unpaired) electrons. The standard InChI is InChI=1S/C15H30N2O/c1-4-18-15-8-14(9-15)17-7-5-6-13(11-17)10-16-12(2)3/h12-16H,4-11H2,1-3H3. The van der Waals surface area contributed by atoms with Crippen LogP contribution in [0.2, 0.25) is 0 Å². The van der Waals surface area contributed by atoms with Crippen LogP contribution in [0.25, 0.3) is 0 Å². The Hall–Kier alpha value is -0.120. The molecule has 0 bridgehead atoms. The average Bonchev–Trinajstić information content (AvgIpc) is 2.31. The summed E-state index contributed by atoms with van der Waals surface area (Å²) in [6.07, 6.45) is 5.85. The van der Waals surface area contributed by atoms with Crippen LogP contribution in [0.15, 0.2) is 0 Å². The van der Waals surface area contributed by atoms with Crippen LogP contribution in [0.4, 0.5) is 0 Å². The lowest BCUT2D eigenvalue weighted by Gasteiger charge is -2.46. The van der Waals surface area contributed by atoms with Gasteiger partial charge in [-0.25, -0.2) is 0 Å². The lowest BCUT2D eigenvalue weighted by atomic mass is 9.85. The van der Waals surface area contributed by atoms with Crippen LogP contribution >= 0.6 is 0 Å². The van der Waals surface area contributed by atoms with Gasteiger partial charge >= 0.3 is 0 Å². The second-order valence-electron chi connectivity index (χ2n) is 6.27. The minimum absolute atomic E-state index is 0.550. The summed E-state index contributed by atoms with van der Waals surface area (Å²) in [6.45, 7) is 11.2. The first-order valence-corrected chi connectivity index (χ1v) is 7.78. The predicted octanol–water partition coefficient (Wildman–Crippen LogP) is 2.26. The predicted molar refractivity (Wildman–Crippen MR) is 75.9 cm³/mol. The van der Waals surface area contributed by atoms with E-state index >= 15 is 0 Å². The van der Waals surface area contributed by atoms with E-state index in [0.29, 0.717) is 12.1 Å². The second kappa shape index (κ2) is 6.88. The molecule has 1 heterocycles. The lowest BCUT2D eigenvalue weighted by Crippen LogP contribution is -2.52. The normalized spacial score (nSPS) is 33.7. The molecule has 1 N–H and O–H groups in total. The third kappa shape index (κ3) is 3.94. The highest BCUT2D eigenvalue weighted by Crippen LogP contribution is 2.31. The molecule has 3 nitrogen and oxygen atoms in total. The van der Waals surface area contributed by atoms with Gasteiger partial charge in [-0.2, -0.15) is 0 Å². The van der Waals surface area contributed by atoms with Crippen LogP contribution in [0.1, 0.15) is 46.5 Å². The smallest absolute Gasteiger partial charge is 0.0604 e. The van der Waals surface area contributed by atoms with E-state index in [1.165, 1.54) is 45.3 Å². The van der Waals surface area contributed by atoms with Crippen molar-refractivity contribution in [2.24, 2.45) is 5.92 Å². The molecule has 0 aromatic heterocycles. The van der Waals surface area contributed by atoms with Gasteiger partial charge in [-0.15, -0.1) is 0 Å². The Balaban J connectivity index is 1.68. The molecule has 1 saturated carbocycles. The van der Waals surface area contributed by atoms with E-state index in [4.69, 9.17) is 4.74 Å². The number of hydrogen-bond acceptors (Lipinski definition) is 3. The van der Waals surface area contributed by atoms with Gasteiger partial charge in [-0.3, -0.25) is 4.90 Å². The number of piperidine rings is 1. The van der Waals surface area contributed by atoms with Crippen LogP contribution in [0.5, 0.6) is 0 Å². The summed E-state index contributed by atoms with van der Waals surface area (Å²) in [5.74, 6) is 0.854. The molecule has 18 heavy (non-hydrogen) atoms. The molecule has 1 unspecified atom stereocenters. The summed E-state index contributed by atoms with van der Waals surface area (Å²) in [4.78, 5) is 2.71. The van der Waals surface area contributed by atoms with Gasteiger partial charge in [0.05, 0.1) is 6.10 Å². The van der Waals surface area contributed by atoms with Gasteiger partial charge < -0.3 is 10.1 Å². The molecule has 0 amide bonds. The van der Waals surface area contributed by atoms with E-state index in [1.54, 1.807) is 0 Å². The van der Waals surface area contributed by atoms with Crippen molar-refractivity contribution in [1.82, 2.24) is 10.2 Å². The molecule has 0 aromatic carbocycles. The van der Waals surface area contributed by atoms with E-state index in [-0.39, 0.29) is 0 Å². The van der Waals surface area contributed by atoms with E-state index in [2.05, 4.69) is 31.0 Å². The number of hydrogen-bond donors (Lipinski definition) is 1. The van der Waals surface area contributed by atoms with Crippen molar-refractivity contribution in [3.05, 3.63) is 0 Å². The Morgan fingerprint density at radius 2 is 2.11 bits per heavy atom. The third-order valence-corrected chi connectivity index (χ3v) is 4.35. The molecule has 0 aromatic rings. The van der Waals surface area contributed by atoms with Crippen molar-refractivity contribution in [1.29, 1.82) is 0 Å². The third-order valence-electron chi connectivity index (χ3n) is 4.35. The minimum Gasteiger partial charge on any atom is -0.378 e. The highest BCUT2D eigenvalue weighted by molar-refractivity contribution is 4.90. The number of nitrogens with zero attached hydrogens (tertiary/aromatic N) is 1. The first-order valence-electron chi connectivity index (χ1n) is 7.78. The molecule has 0 spiro atoms. The summed E-state index contributed by atoms with van der Waals surface area (Å²) >= 11 is 0. The summed E-state index contributed by atoms with van der Waals surface area (Å²) in [7, 11) is 0. The quantitative estimate of drug-likeness (QED) is 0.787. The maximum absolute atomic E-state index is 5.67. The summed E-state index contributed by atoms with van der Waals surface area (Å²) in [6, 6.07) is 1.43. The van der Waals surface area contributed by atoms with Crippen molar-refractivity contribution < 1.29 is 4.74 Å². The molecule has 1 aliphatic heterocycles. The largest absolute Gasteiger partial charge is 0.378 e.